The zero-order chi connectivity index (χ0) is 19.9. The molecule has 0 bridgehead atoms. The summed E-state index contributed by atoms with van der Waals surface area (Å²) in [4.78, 5) is 29.5. The van der Waals surface area contributed by atoms with Crippen molar-refractivity contribution in [3.8, 4) is 0 Å². The summed E-state index contributed by atoms with van der Waals surface area (Å²) in [7, 11) is 0. The zero-order valence-electron chi connectivity index (χ0n) is 17.1. The highest BCUT2D eigenvalue weighted by Gasteiger charge is 2.17. The Morgan fingerprint density at radius 3 is 1.93 bits per heavy atom. The monoisotopic (exact) mass is 376 g/mol. The molecular weight excluding hydrogens is 340 g/mol. The molecule has 0 saturated carbocycles. The number of carboxylic acids is 1. The quantitative estimate of drug-likeness (QED) is 0.407. The van der Waals surface area contributed by atoms with Crippen LogP contribution in [0.25, 0.3) is 0 Å². The van der Waals surface area contributed by atoms with E-state index in [1.54, 1.807) is 17.0 Å². The highest BCUT2D eigenvalue weighted by Crippen LogP contribution is 2.12. The summed E-state index contributed by atoms with van der Waals surface area (Å²) in [5.74, 6) is -1.28. The first-order valence-corrected chi connectivity index (χ1v) is 10.6. The number of carbonyl (C=O) groups excluding carboxylic acids is 1. The summed E-state index contributed by atoms with van der Waals surface area (Å²) in [6.07, 6.45) is 13.5. The van der Waals surface area contributed by atoms with Gasteiger partial charge >= 0.3 is 5.97 Å². The molecular formula is C22H36N2O3. The number of carbonyl (C=O) groups is 2. The molecule has 0 radical (unpaired) electrons. The van der Waals surface area contributed by atoms with Gasteiger partial charge in [0, 0.05) is 13.1 Å². The topological polar surface area (TPSA) is 70.5 Å². The van der Waals surface area contributed by atoms with Gasteiger partial charge < -0.3 is 10.0 Å². The van der Waals surface area contributed by atoms with Gasteiger partial charge in [-0.15, -0.1) is 0 Å². The van der Waals surface area contributed by atoms with Gasteiger partial charge in [-0.05, 0) is 25.0 Å². The summed E-state index contributed by atoms with van der Waals surface area (Å²) in [5, 5.41) is 9.05. The SMILES string of the molecule is CCCCCCCCCCCCN(CCC)C(=O)c1cccc(C(=O)O)n1. The maximum absolute atomic E-state index is 12.7. The summed E-state index contributed by atoms with van der Waals surface area (Å²) in [6, 6.07) is 4.58. The minimum atomic E-state index is -1.11. The molecule has 0 fully saturated rings. The molecule has 1 rings (SSSR count). The van der Waals surface area contributed by atoms with Gasteiger partial charge in [0.25, 0.3) is 5.91 Å². The molecule has 0 aliphatic heterocycles. The number of hydrogen-bond acceptors (Lipinski definition) is 3. The first-order chi connectivity index (χ1) is 13.1. The number of nitrogens with zero attached hydrogens (tertiary/aromatic N) is 2. The van der Waals surface area contributed by atoms with Crippen LogP contribution in [0.4, 0.5) is 0 Å². The van der Waals surface area contributed by atoms with Gasteiger partial charge in [-0.2, -0.15) is 0 Å². The number of amides is 1. The molecule has 1 N–H and O–H groups in total. The molecule has 1 amide bonds. The van der Waals surface area contributed by atoms with E-state index in [4.69, 9.17) is 5.11 Å². The molecule has 152 valence electrons. The van der Waals surface area contributed by atoms with E-state index in [1.165, 1.54) is 57.4 Å². The van der Waals surface area contributed by atoms with Crippen LogP contribution < -0.4 is 0 Å². The van der Waals surface area contributed by atoms with Crippen LogP contribution in [0.1, 0.15) is 105 Å². The molecule has 0 atom stereocenters. The Morgan fingerprint density at radius 1 is 0.815 bits per heavy atom. The predicted molar refractivity (Wildman–Crippen MR) is 109 cm³/mol. The van der Waals surface area contributed by atoms with Gasteiger partial charge in [-0.1, -0.05) is 77.7 Å². The van der Waals surface area contributed by atoms with Crippen molar-refractivity contribution in [2.75, 3.05) is 13.1 Å². The van der Waals surface area contributed by atoms with E-state index >= 15 is 0 Å². The summed E-state index contributed by atoms with van der Waals surface area (Å²) in [6.45, 7) is 5.67. The molecule has 0 aromatic carbocycles. The third-order valence-corrected chi connectivity index (χ3v) is 4.75. The standard InChI is InChI=1S/C22H36N2O3/c1-3-5-6-7-8-9-10-11-12-13-18-24(17-4-2)21(25)19-15-14-16-20(23-19)22(26)27/h14-16H,3-13,17-18H2,1-2H3,(H,26,27). The summed E-state index contributed by atoms with van der Waals surface area (Å²) >= 11 is 0. The molecule has 5 heteroatoms. The summed E-state index contributed by atoms with van der Waals surface area (Å²) < 4.78 is 0. The maximum Gasteiger partial charge on any atom is 0.354 e. The summed E-state index contributed by atoms with van der Waals surface area (Å²) in [5.41, 5.74) is 0.131. The molecule has 5 nitrogen and oxygen atoms in total. The van der Waals surface area contributed by atoms with Crippen molar-refractivity contribution in [2.45, 2.75) is 84.5 Å². The Balaban J connectivity index is 2.34. The van der Waals surface area contributed by atoms with Crippen LogP contribution in [0.5, 0.6) is 0 Å². The van der Waals surface area contributed by atoms with E-state index in [0.717, 1.165) is 19.3 Å². The van der Waals surface area contributed by atoms with Gasteiger partial charge in [-0.3, -0.25) is 4.79 Å². The van der Waals surface area contributed by atoms with Crippen molar-refractivity contribution < 1.29 is 14.7 Å². The smallest absolute Gasteiger partial charge is 0.354 e. The number of rotatable bonds is 15. The third kappa shape index (κ3) is 9.55. The number of unbranched alkanes of at least 4 members (excludes halogenated alkanes) is 9. The van der Waals surface area contributed by atoms with Gasteiger partial charge in [0.05, 0.1) is 0 Å². The fourth-order valence-corrected chi connectivity index (χ4v) is 3.21. The predicted octanol–water partition coefficient (Wildman–Crippen LogP) is 5.55. The highest BCUT2D eigenvalue weighted by atomic mass is 16.4. The van der Waals surface area contributed by atoms with E-state index in [0.29, 0.717) is 13.1 Å². The van der Waals surface area contributed by atoms with Crippen LogP contribution in [0.2, 0.25) is 0 Å². The highest BCUT2D eigenvalue weighted by molar-refractivity contribution is 5.94. The molecule has 27 heavy (non-hydrogen) atoms. The van der Waals surface area contributed by atoms with E-state index in [2.05, 4.69) is 11.9 Å². The number of aromatic carboxylic acids is 1. The Kier molecular flexibility index (Phi) is 12.2. The van der Waals surface area contributed by atoms with Crippen molar-refractivity contribution in [1.82, 2.24) is 9.88 Å². The lowest BCUT2D eigenvalue weighted by Crippen LogP contribution is -2.33. The van der Waals surface area contributed by atoms with E-state index < -0.39 is 5.97 Å². The van der Waals surface area contributed by atoms with Crippen LogP contribution in [-0.4, -0.2) is 40.0 Å². The van der Waals surface area contributed by atoms with Crippen molar-refractivity contribution in [3.05, 3.63) is 29.6 Å². The second-order valence-electron chi connectivity index (χ2n) is 7.19. The number of aromatic nitrogens is 1. The molecule has 0 aliphatic rings. The lowest BCUT2D eigenvalue weighted by molar-refractivity contribution is 0.0689. The Hall–Kier alpha value is -1.91. The van der Waals surface area contributed by atoms with Gasteiger partial charge in [0.1, 0.15) is 11.4 Å². The van der Waals surface area contributed by atoms with E-state index in [1.807, 2.05) is 6.92 Å². The first kappa shape index (κ1) is 23.1. The minimum Gasteiger partial charge on any atom is -0.477 e. The fourth-order valence-electron chi connectivity index (χ4n) is 3.21. The number of pyridine rings is 1. The average molecular weight is 377 g/mol. The van der Waals surface area contributed by atoms with Crippen LogP contribution in [0.15, 0.2) is 18.2 Å². The largest absolute Gasteiger partial charge is 0.477 e. The Bertz CT molecular complexity index is 560. The molecule has 0 unspecified atom stereocenters. The van der Waals surface area contributed by atoms with Gasteiger partial charge in [-0.25, -0.2) is 9.78 Å². The van der Waals surface area contributed by atoms with Crippen LogP contribution in [0, 0.1) is 0 Å². The lowest BCUT2D eigenvalue weighted by atomic mass is 10.1. The maximum atomic E-state index is 12.7. The average Bonchev–Trinajstić information content (AvgIpc) is 2.68. The molecule has 1 aromatic heterocycles. The van der Waals surface area contributed by atoms with Crippen LogP contribution >= 0.6 is 0 Å². The number of carboxylic acid groups (broad SMARTS) is 1. The molecule has 1 heterocycles. The van der Waals surface area contributed by atoms with Crippen LogP contribution in [-0.2, 0) is 0 Å². The molecule has 0 aliphatic carbocycles. The number of hydrogen-bond donors (Lipinski definition) is 1. The van der Waals surface area contributed by atoms with Gasteiger partial charge in [0.15, 0.2) is 0 Å². The minimum absolute atomic E-state index is 0.0868. The second kappa shape index (κ2) is 14.2. The second-order valence-corrected chi connectivity index (χ2v) is 7.19. The van der Waals surface area contributed by atoms with Gasteiger partial charge in [0.2, 0.25) is 0 Å². The molecule has 0 spiro atoms. The zero-order valence-corrected chi connectivity index (χ0v) is 17.1. The third-order valence-electron chi connectivity index (χ3n) is 4.75. The van der Waals surface area contributed by atoms with Crippen molar-refractivity contribution >= 4 is 11.9 Å². The molecule has 1 aromatic rings. The van der Waals surface area contributed by atoms with Crippen molar-refractivity contribution in [1.29, 1.82) is 0 Å². The lowest BCUT2D eigenvalue weighted by Gasteiger charge is -2.21. The molecule has 0 saturated heterocycles. The normalized spacial score (nSPS) is 10.7. The Labute approximate surface area is 164 Å². The van der Waals surface area contributed by atoms with E-state index in [9.17, 15) is 9.59 Å². The first-order valence-electron chi connectivity index (χ1n) is 10.6. The van der Waals surface area contributed by atoms with E-state index in [-0.39, 0.29) is 17.3 Å². The van der Waals surface area contributed by atoms with Crippen molar-refractivity contribution in [3.63, 3.8) is 0 Å². The fraction of sp³-hybridized carbons (Fsp3) is 0.682. The Morgan fingerprint density at radius 2 is 1.37 bits per heavy atom. The van der Waals surface area contributed by atoms with Crippen LogP contribution in [0.3, 0.4) is 0 Å². The van der Waals surface area contributed by atoms with Crippen molar-refractivity contribution in [2.24, 2.45) is 0 Å².